The monoisotopic (exact) mass is 473 g/mol. The van der Waals surface area contributed by atoms with E-state index in [4.69, 9.17) is 25.8 Å². The fraction of sp³-hybridized carbons (Fsp3) is 0.360. The van der Waals surface area contributed by atoms with Crippen LogP contribution >= 0.6 is 11.6 Å². The highest BCUT2D eigenvalue weighted by Gasteiger charge is 2.46. The highest BCUT2D eigenvalue weighted by molar-refractivity contribution is 6.46. The SMILES string of the molecule is CCCOc1ccc(C2C(=C(O)c3ccc(Cl)cc3)C(=O)C(=O)N2CCOC)cc1OCC. The molecule has 0 aromatic heterocycles. The van der Waals surface area contributed by atoms with Gasteiger partial charge >= 0.3 is 0 Å². The maximum Gasteiger partial charge on any atom is 0.295 e. The van der Waals surface area contributed by atoms with Crippen molar-refractivity contribution in [3.8, 4) is 11.5 Å². The van der Waals surface area contributed by atoms with Crippen LogP contribution in [0.2, 0.25) is 5.02 Å². The maximum absolute atomic E-state index is 13.0. The Morgan fingerprint density at radius 3 is 2.39 bits per heavy atom. The largest absolute Gasteiger partial charge is 0.507 e. The lowest BCUT2D eigenvalue weighted by atomic mass is 9.95. The van der Waals surface area contributed by atoms with E-state index in [1.807, 2.05) is 13.8 Å². The first-order chi connectivity index (χ1) is 15.9. The molecule has 0 radical (unpaired) electrons. The second-order valence-electron chi connectivity index (χ2n) is 7.48. The molecular weight excluding hydrogens is 446 g/mol. The van der Waals surface area contributed by atoms with Gasteiger partial charge in [0.2, 0.25) is 0 Å². The van der Waals surface area contributed by atoms with E-state index in [-0.39, 0.29) is 24.5 Å². The van der Waals surface area contributed by atoms with E-state index in [9.17, 15) is 14.7 Å². The van der Waals surface area contributed by atoms with Gasteiger partial charge in [-0.25, -0.2) is 0 Å². The van der Waals surface area contributed by atoms with Crippen molar-refractivity contribution in [1.82, 2.24) is 4.90 Å². The molecule has 1 saturated heterocycles. The van der Waals surface area contributed by atoms with Gasteiger partial charge < -0.3 is 24.2 Å². The summed E-state index contributed by atoms with van der Waals surface area (Å²) in [6, 6.07) is 10.9. The molecule has 0 aliphatic carbocycles. The topological polar surface area (TPSA) is 85.3 Å². The van der Waals surface area contributed by atoms with Crippen LogP contribution in [0.15, 0.2) is 48.0 Å². The quantitative estimate of drug-likeness (QED) is 0.308. The predicted octanol–water partition coefficient (Wildman–Crippen LogP) is 4.60. The van der Waals surface area contributed by atoms with Crippen molar-refractivity contribution in [1.29, 1.82) is 0 Å². The van der Waals surface area contributed by atoms with Gasteiger partial charge in [0.15, 0.2) is 11.5 Å². The number of aliphatic hydroxyl groups excluding tert-OH is 1. The van der Waals surface area contributed by atoms with Gasteiger partial charge in [0, 0.05) is 24.2 Å². The predicted molar refractivity (Wildman–Crippen MR) is 126 cm³/mol. The summed E-state index contributed by atoms with van der Waals surface area (Å²) in [5.41, 5.74) is 1.01. The van der Waals surface area contributed by atoms with Crippen LogP contribution in [0.25, 0.3) is 5.76 Å². The number of nitrogens with zero attached hydrogens (tertiary/aromatic N) is 1. The van der Waals surface area contributed by atoms with Crippen molar-refractivity contribution in [3.05, 3.63) is 64.2 Å². The lowest BCUT2D eigenvalue weighted by Crippen LogP contribution is -2.32. The van der Waals surface area contributed by atoms with Crippen LogP contribution < -0.4 is 9.47 Å². The molecule has 0 spiro atoms. The Morgan fingerprint density at radius 1 is 1.03 bits per heavy atom. The Kier molecular flexibility index (Phi) is 8.36. The van der Waals surface area contributed by atoms with Crippen LogP contribution in [0.1, 0.15) is 37.4 Å². The average molecular weight is 474 g/mol. The van der Waals surface area contributed by atoms with Crippen molar-refractivity contribution >= 4 is 29.1 Å². The highest BCUT2D eigenvalue weighted by atomic mass is 35.5. The number of likely N-dealkylation sites (tertiary alicyclic amines) is 1. The summed E-state index contributed by atoms with van der Waals surface area (Å²) in [4.78, 5) is 27.4. The summed E-state index contributed by atoms with van der Waals surface area (Å²) in [7, 11) is 1.52. The molecule has 0 saturated carbocycles. The fourth-order valence-electron chi connectivity index (χ4n) is 3.70. The molecule has 176 valence electrons. The van der Waals surface area contributed by atoms with Crippen LogP contribution in [-0.2, 0) is 14.3 Å². The number of ketones is 1. The van der Waals surface area contributed by atoms with E-state index in [1.165, 1.54) is 12.0 Å². The van der Waals surface area contributed by atoms with E-state index in [1.54, 1.807) is 42.5 Å². The van der Waals surface area contributed by atoms with Crippen molar-refractivity contribution in [2.24, 2.45) is 0 Å². The minimum Gasteiger partial charge on any atom is -0.507 e. The Bertz CT molecular complexity index is 1030. The molecule has 0 bridgehead atoms. The van der Waals surface area contributed by atoms with Crippen LogP contribution in [0.5, 0.6) is 11.5 Å². The Morgan fingerprint density at radius 2 is 1.76 bits per heavy atom. The maximum atomic E-state index is 13.0. The van der Waals surface area contributed by atoms with E-state index in [0.29, 0.717) is 40.9 Å². The number of hydrogen-bond donors (Lipinski definition) is 1. The number of benzene rings is 2. The standard InChI is InChI=1S/C25H28ClNO6/c1-4-13-33-19-11-8-17(15-20(19)32-5-2)22-21(23(28)16-6-9-18(26)10-7-16)24(29)25(30)27(22)12-14-31-3/h6-11,15,22,28H,4-5,12-14H2,1-3H3. The molecule has 33 heavy (non-hydrogen) atoms. The Hall–Kier alpha value is -3.03. The molecule has 1 amide bonds. The number of rotatable bonds is 10. The molecule has 1 atom stereocenters. The zero-order chi connectivity index (χ0) is 24.0. The Balaban J connectivity index is 2.14. The van der Waals surface area contributed by atoms with Crippen molar-refractivity contribution < 1.29 is 28.9 Å². The molecule has 7 nitrogen and oxygen atoms in total. The molecule has 1 fully saturated rings. The number of Topliss-reactive ketones (excluding diaryl/α,β-unsaturated/α-hetero) is 1. The molecule has 1 N–H and O–H groups in total. The first-order valence-corrected chi connectivity index (χ1v) is 11.2. The minimum atomic E-state index is -0.810. The number of carbonyl (C=O) groups is 2. The van der Waals surface area contributed by atoms with Crippen LogP contribution in [0.3, 0.4) is 0 Å². The average Bonchev–Trinajstić information content (AvgIpc) is 3.07. The van der Waals surface area contributed by atoms with Crippen LogP contribution in [0.4, 0.5) is 0 Å². The van der Waals surface area contributed by atoms with E-state index in [0.717, 1.165) is 6.42 Å². The fourth-order valence-corrected chi connectivity index (χ4v) is 3.83. The molecule has 1 unspecified atom stereocenters. The van der Waals surface area contributed by atoms with E-state index in [2.05, 4.69) is 0 Å². The molecular formula is C25H28ClNO6. The van der Waals surface area contributed by atoms with Crippen LogP contribution in [0, 0.1) is 0 Å². The third-order valence-corrected chi connectivity index (χ3v) is 5.49. The third kappa shape index (κ3) is 5.31. The third-order valence-electron chi connectivity index (χ3n) is 5.24. The van der Waals surface area contributed by atoms with Gasteiger partial charge in [0.05, 0.1) is 31.4 Å². The number of amides is 1. The first-order valence-electron chi connectivity index (χ1n) is 10.9. The van der Waals surface area contributed by atoms with E-state index < -0.39 is 17.7 Å². The molecule has 3 rings (SSSR count). The zero-order valence-electron chi connectivity index (χ0n) is 19.0. The smallest absolute Gasteiger partial charge is 0.295 e. The molecule has 1 heterocycles. The molecule has 2 aromatic carbocycles. The summed E-state index contributed by atoms with van der Waals surface area (Å²) in [6.07, 6.45) is 0.839. The normalized spacial score (nSPS) is 17.5. The number of aliphatic hydroxyl groups is 1. The Labute approximate surface area is 198 Å². The highest BCUT2D eigenvalue weighted by Crippen LogP contribution is 2.42. The summed E-state index contributed by atoms with van der Waals surface area (Å²) < 4.78 is 16.7. The first kappa shape index (κ1) is 24.6. The summed E-state index contributed by atoms with van der Waals surface area (Å²) >= 11 is 5.96. The summed E-state index contributed by atoms with van der Waals surface area (Å²) in [5.74, 6) is -0.634. The van der Waals surface area contributed by atoms with Gasteiger partial charge in [0.1, 0.15) is 5.76 Å². The van der Waals surface area contributed by atoms with Gasteiger partial charge in [-0.2, -0.15) is 0 Å². The number of hydrogen-bond acceptors (Lipinski definition) is 6. The zero-order valence-corrected chi connectivity index (χ0v) is 19.7. The molecule has 1 aliphatic heterocycles. The van der Waals surface area contributed by atoms with Gasteiger partial charge in [-0.05, 0) is 55.3 Å². The summed E-state index contributed by atoms with van der Waals surface area (Å²) in [6.45, 7) is 5.24. The number of halogens is 1. The number of carbonyl (C=O) groups excluding carboxylic acids is 2. The van der Waals surface area contributed by atoms with Crippen molar-refractivity contribution in [3.63, 3.8) is 0 Å². The number of ether oxygens (including phenoxy) is 3. The van der Waals surface area contributed by atoms with E-state index >= 15 is 0 Å². The van der Waals surface area contributed by atoms with Gasteiger partial charge in [0.25, 0.3) is 11.7 Å². The molecule has 1 aliphatic rings. The summed E-state index contributed by atoms with van der Waals surface area (Å²) in [5, 5.41) is 11.6. The second kappa shape index (κ2) is 11.2. The lowest BCUT2D eigenvalue weighted by Gasteiger charge is -2.26. The van der Waals surface area contributed by atoms with Crippen molar-refractivity contribution in [2.75, 3.05) is 33.5 Å². The van der Waals surface area contributed by atoms with Crippen molar-refractivity contribution in [2.45, 2.75) is 26.3 Å². The lowest BCUT2D eigenvalue weighted by molar-refractivity contribution is -0.140. The van der Waals surface area contributed by atoms with Gasteiger partial charge in [-0.3, -0.25) is 9.59 Å². The molecule has 2 aromatic rings. The van der Waals surface area contributed by atoms with Gasteiger partial charge in [-0.15, -0.1) is 0 Å². The van der Waals surface area contributed by atoms with Crippen LogP contribution in [-0.4, -0.2) is 55.2 Å². The second-order valence-corrected chi connectivity index (χ2v) is 7.92. The van der Waals surface area contributed by atoms with Gasteiger partial charge in [-0.1, -0.05) is 24.6 Å². The number of methoxy groups -OCH3 is 1. The molecule has 8 heteroatoms. The minimum absolute atomic E-state index is 0.00287.